The Bertz CT molecular complexity index is 652. The van der Waals surface area contributed by atoms with Gasteiger partial charge in [0.05, 0.1) is 16.9 Å². The molecule has 1 N–H and O–H groups in total. The summed E-state index contributed by atoms with van der Waals surface area (Å²) in [7, 11) is 0. The molecule has 0 aliphatic rings. The minimum absolute atomic E-state index is 0.302. The molecule has 0 fully saturated rings. The maximum Gasteiger partial charge on any atom is 0.125 e. The quantitative estimate of drug-likeness (QED) is 0.888. The Kier molecular flexibility index (Phi) is 3.48. The SMILES string of the molecule is Cc1cc(F)cc(Nc2cc(C)nc(C)c2C#N)c1. The summed E-state index contributed by atoms with van der Waals surface area (Å²) in [4.78, 5) is 4.25. The fourth-order valence-electron chi connectivity index (χ4n) is 2.03. The molecule has 0 aliphatic heterocycles. The van der Waals surface area contributed by atoms with Crippen molar-refractivity contribution in [1.82, 2.24) is 4.98 Å². The molecule has 2 rings (SSSR count). The summed E-state index contributed by atoms with van der Waals surface area (Å²) >= 11 is 0. The minimum Gasteiger partial charge on any atom is -0.354 e. The van der Waals surface area contributed by atoms with E-state index < -0.39 is 0 Å². The number of hydrogen-bond donors (Lipinski definition) is 1. The minimum atomic E-state index is -0.302. The summed E-state index contributed by atoms with van der Waals surface area (Å²) in [5.41, 5.74) is 4.05. The van der Waals surface area contributed by atoms with Gasteiger partial charge in [-0.3, -0.25) is 4.98 Å². The number of benzene rings is 1. The highest BCUT2D eigenvalue weighted by Crippen LogP contribution is 2.24. The van der Waals surface area contributed by atoms with Crippen molar-refractivity contribution in [1.29, 1.82) is 5.26 Å². The van der Waals surface area contributed by atoms with Crippen LogP contribution in [0, 0.1) is 37.9 Å². The van der Waals surface area contributed by atoms with Crippen molar-refractivity contribution in [2.75, 3.05) is 5.32 Å². The third kappa shape index (κ3) is 2.89. The number of aryl methyl sites for hydroxylation is 3. The van der Waals surface area contributed by atoms with Crippen molar-refractivity contribution in [2.24, 2.45) is 0 Å². The Morgan fingerprint density at radius 1 is 1.16 bits per heavy atom. The molecule has 1 heterocycles. The fraction of sp³-hybridized carbons (Fsp3) is 0.200. The van der Waals surface area contributed by atoms with Gasteiger partial charge in [-0.05, 0) is 50.6 Å². The topological polar surface area (TPSA) is 48.7 Å². The summed E-state index contributed by atoms with van der Waals surface area (Å²) in [6.07, 6.45) is 0. The Labute approximate surface area is 111 Å². The highest BCUT2D eigenvalue weighted by atomic mass is 19.1. The molecule has 4 heteroatoms. The van der Waals surface area contributed by atoms with Crippen molar-refractivity contribution in [2.45, 2.75) is 20.8 Å². The first-order chi connectivity index (χ1) is 8.99. The van der Waals surface area contributed by atoms with E-state index in [9.17, 15) is 9.65 Å². The largest absolute Gasteiger partial charge is 0.354 e. The van der Waals surface area contributed by atoms with Gasteiger partial charge in [-0.25, -0.2) is 4.39 Å². The van der Waals surface area contributed by atoms with Crippen molar-refractivity contribution in [3.63, 3.8) is 0 Å². The standard InChI is InChI=1S/C15H14FN3/c1-9-4-12(16)7-13(5-9)19-15-6-10(2)18-11(3)14(15)8-17/h4-7H,1-3H3,(H,18,19). The van der Waals surface area contributed by atoms with E-state index in [2.05, 4.69) is 16.4 Å². The molecule has 0 saturated carbocycles. The Hall–Kier alpha value is -2.41. The predicted molar refractivity (Wildman–Crippen MR) is 72.8 cm³/mol. The van der Waals surface area contributed by atoms with Crippen molar-refractivity contribution >= 4 is 11.4 Å². The van der Waals surface area contributed by atoms with Gasteiger partial charge in [-0.1, -0.05) is 0 Å². The van der Waals surface area contributed by atoms with Crippen molar-refractivity contribution in [3.05, 3.63) is 52.6 Å². The first kappa shape index (κ1) is 13.0. The highest BCUT2D eigenvalue weighted by molar-refractivity contribution is 5.68. The number of nitrogens with one attached hydrogen (secondary N) is 1. The molecule has 19 heavy (non-hydrogen) atoms. The van der Waals surface area contributed by atoms with Gasteiger partial charge in [-0.2, -0.15) is 5.26 Å². The molecular weight excluding hydrogens is 241 g/mol. The number of hydrogen-bond acceptors (Lipinski definition) is 3. The molecule has 0 aliphatic carbocycles. The summed E-state index contributed by atoms with van der Waals surface area (Å²) in [5, 5.41) is 12.3. The molecule has 0 spiro atoms. The van der Waals surface area contributed by atoms with Crippen LogP contribution in [0.4, 0.5) is 15.8 Å². The van der Waals surface area contributed by atoms with E-state index in [1.165, 1.54) is 12.1 Å². The Balaban J connectivity index is 2.46. The molecule has 0 bridgehead atoms. The number of anilines is 2. The Morgan fingerprint density at radius 2 is 1.89 bits per heavy atom. The molecule has 1 aromatic carbocycles. The van der Waals surface area contributed by atoms with Crippen molar-refractivity contribution < 1.29 is 4.39 Å². The molecule has 0 amide bonds. The van der Waals surface area contributed by atoms with E-state index in [-0.39, 0.29) is 5.82 Å². The van der Waals surface area contributed by atoms with Gasteiger partial charge >= 0.3 is 0 Å². The van der Waals surface area contributed by atoms with Crippen molar-refractivity contribution in [3.8, 4) is 6.07 Å². The first-order valence-electron chi connectivity index (χ1n) is 5.92. The van der Waals surface area contributed by atoms with E-state index in [4.69, 9.17) is 0 Å². The fourth-order valence-corrected chi connectivity index (χ4v) is 2.03. The number of aromatic nitrogens is 1. The summed E-state index contributed by atoms with van der Waals surface area (Å²) in [6, 6.07) is 8.59. The third-order valence-electron chi connectivity index (χ3n) is 2.76. The zero-order valence-electron chi connectivity index (χ0n) is 11.1. The van der Waals surface area contributed by atoms with Crippen LogP contribution in [0.3, 0.4) is 0 Å². The summed E-state index contributed by atoms with van der Waals surface area (Å²) in [6.45, 7) is 5.46. The van der Waals surface area contributed by atoms with Gasteiger partial charge in [0.2, 0.25) is 0 Å². The number of rotatable bonds is 2. The third-order valence-corrected chi connectivity index (χ3v) is 2.76. The normalized spacial score (nSPS) is 10.1. The second-order valence-electron chi connectivity index (χ2n) is 4.53. The molecule has 0 saturated heterocycles. The molecular formula is C15H14FN3. The van der Waals surface area contributed by atoms with E-state index in [0.717, 1.165) is 11.3 Å². The lowest BCUT2D eigenvalue weighted by Gasteiger charge is -2.11. The van der Waals surface area contributed by atoms with Crippen LogP contribution in [-0.4, -0.2) is 4.98 Å². The van der Waals surface area contributed by atoms with Crippen LogP contribution in [0.2, 0.25) is 0 Å². The van der Waals surface area contributed by atoms with Crippen LogP contribution in [0.25, 0.3) is 0 Å². The van der Waals surface area contributed by atoms with Gasteiger partial charge in [-0.15, -0.1) is 0 Å². The van der Waals surface area contributed by atoms with Crippen LogP contribution in [0.1, 0.15) is 22.5 Å². The molecule has 3 nitrogen and oxygen atoms in total. The van der Waals surface area contributed by atoms with Crippen LogP contribution in [0.15, 0.2) is 24.3 Å². The average molecular weight is 255 g/mol. The summed E-state index contributed by atoms with van der Waals surface area (Å²) < 4.78 is 13.4. The maximum absolute atomic E-state index is 13.4. The second kappa shape index (κ2) is 5.07. The zero-order valence-corrected chi connectivity index (χ0v) is 11.1. The lowest BCUT2D eigenvalue weighted by Crippen LogP contribution is -2.00. The van der Waals surface area contributed by atoms with Gasteiger partial charge in [0, 0.05) is 11.4 Å². The van der Waals surface area contributed by atoms with Gasteiger partial charge in [0.15, 0.2) is 0 Å². The lowest BCUT2D eigenvalue weighted by atomic mass is 10.1. The average Bonchev–Trinajstić information content (AvgIpc) is 2.26. The highest BCUT2D eigenvalue weighted by Gasteiger charge is 2.09. The van der Waals surface area contributed by atoms with Crippen LogP contribution >= 0.6 is 0 Å². The van der Waals surface area contributed by atoms with Crippen LogP contribution in [0.5, 0.6) is 0 Å². The predicted octanol–water partition coefficient (Wildman–Crippen LogP) is 3.76. The number of halogens is 1. The van der Waals surface area contributed by atoms with Gasteiger partial charge in [0.1, 0.15) is 11.9 Å². The monoisotopic (exact) mass is 255 g/mol. The second-order valence-corrected chi connectivity index (χ2v) is 4.53. The van der Waals surface area contributed by atoms with E-state index in [1.807, 2.05) is 19.9 Å². The molecule has 0 unspecified atom stereocenters. The lowest BCUT2D eigenvalue weighted by molar-refractivity contribution is 0.627. The van der Waals surface area contributed by atoms with E-state index in [0.29, 0.717) is 22.6 Å². The smallest absolute Gasteiger partial charge is 0.125 e. The van der Waals surface area contributed by atoms with Crippen LogP contribution in [-0.2, 0) is 0 Å². The molecule has 96 valence electrons. The van der Waals surface area contributed by atoms with E-state index in [1.54, 1.807) is 13.0 Å². The number of pyridine rings is 1. The van der Waals surface area contributed by atoms with Gasteiger partial charge in [0.25, 0.3) is 0 Å². The van der Waals surface area contributed by atoms with Gasteiger partial charge < -0.3 is 5.32 Å². The maximum atomic E-state index is 13.4. The van der Waals surface area contributed by atoms with Crippen LogP contribution < -0.4 is 5.32 Å². The number of nitriles is 1. The first-order valence-corrected chi connectivity index (χ1v) is 5.92. The molecule has 1 aromatic heterocycles. The zero-order chi connectivity index (χ0) is 14.0. The number of nitrogens with zero attached hydrogens (tertiary/aromatic N) is 2. The Morgan fingerprint density at radius 3 is 2.53 bits per heavy atom. The summed E-state index contributed by atoms with van der Waals surface area (Å²) in [5.74, 6) is -0.302. The molecule has 2 aromatic rings. The molecule has 0 atom stereocenters. The molecule has 0 radical (unpaired) electrons. The van der Waals surface area contributed by atoms with E-state index >= 15 is 0 Å².